The number of hydrogen-bond acceptors (Lipinski definition) is 4. The zero-order valence-electron chi connectivity index (χ0n) is 13.7. The monoisotopic (exact) mass is 335 g/mol. The molecule has 6 heteroatoms. The van der Waals surface area contributed by atoms with Gasteiger partial charge in [0.1, 0.15) is 11.5 Å². The van der Waals surface area contributed by atoms with Crippen LogP contribution in [-0.4, -0.2) is 22.6 Å². The molecule has 5 nitrogen and oxygen atoms in total. The normalized spacial score (nSPS) is 11.3. The van der Waals surface area contributed by atoms with Gasteiger partial charge in [-0.1, -0.05) is 12.1 Å². The van der Waals surface area contributed by atoms with E-state index in [2.05, 4.69) is 4.72 Å². The molecular formula is C17H21NO4S. The van der Waals surface area contributed by atoms with Crippen molar-refractivity contribution in [3.8, 4) is 11.5 Å². The highest BCUT2D eigenvalue weighted by atomic mass is 32.2. The zero-order chi connectivity index (χ0) is 17.0. The minimum absolute atomic E-state index is 0.156. The number of rotatable bonds is 6. The van der Waals surface area contributed by atoms with Gasteiger partial charge >= 0.3 is 0 Å². The molecule has 0 saturated heterocycles. The Morgan fingerprint density at radius 3 is 2.13 bits per heavy atom. The Balaban J connectivity index is 2.24. The Hall–Kier alpha value is -2.05. The van der Waals surface area contributed by atoms with Gasteiger partial charge in [-0.05, 0) is 48.7 Å². The number of hydrogen-bond donors (Lipinski definition) is 1. The number of ether oxygens (including phenoxy) is 2. The van der Waals surface area contributed by atoms with Crippen LogP contribution in [0.25, 0.3) is 0 Å². The maximum atomic E-state index is 12.5. The summed E-state index contributed by atoms with van der Waals surface area (Å²) in [5.41, 5.74) is 2.38. The molecule has 0 aliphatic carbocycles. The molecular weight excluding hydrogens is 314 g/mol. The maximum Gasteiger partial charge on any atom is 0.241 e. The van der Waals surface area contributed by atoms with Gasteiger partial charge in [-0.15, -0.1) is 0 Å². The fourth-order valence-corrected chi connectivity index (χ4v) is 3.57. The first-order valence-electron chi connectivity index (χ1n) is 7.14. The summed E-state index contributed by atoms with van der Waals surface area (Å²) in [6.07, 6.45) is 0. The number of nitrogens with one attached hydrogen (secondary N) is 1. The minimum atomic E-state index is -3.58. The second-order valence-corrected chi connectivity index (χ2v) is 7.05. The van der Waals surface area contributed by atoms with Gasteiger partial charge in [0, 0.05) is 12.6 Å². The van der Waals surface area contributed by atoms with Gasteiger partial charge in [0.2, 0.25) is 10.0 Å². The smallest absolute Gasteiger partial charge is 0.241 e. The van der Waals surface area contributed by atoms with Crippen molar-refractivity contribution in [3.05, 3.63) is 53.1 Å². The van der Waals surface area contributed by atoms with Crippen molar-refractivity contribution in [3.63, 3.8) is 0 Å². The lowest BCUT2D eigenvalue weighted by atomic mass is 10.2. The predicted octanol–water partition coefficient (Wildman–Crippen LogP) is 2.80. The summed E-state index contributed by atoms with van der Waals surface area (Å²) < 4.78 is 38.0. The average molecular weight is 335 g/mol. The molecule has 0 aromatic heterocycles. The van der Waals surface area contributed by atoms with Crippen molar-refractivity contribution in [2.45, 2.75) is 25.3 Å². The first-order valence-corrected chi connectivity index (χ1v) is 8.63. The fourth-order valence-electron chi connectivity index (χ4n) is 2.22. The van der Waals surface area contributed by atoms with Crippen LogP contribution in [0.3, 0.4) is 0 Å². The number of benzene rings is 2. The molecule has 0 heterocycles. The van der Waals surface area contributed by atoms with Crippen LogP contribution in [0.4, 0.5) is 0 Å². The fraction of sp³-hybridized carbons (Fsp3) is 0.294. The van der Waals surface area contributed by atoms with Crippen molar-refractivity contribution in [1.29, 1.82) is 0 Å². The quantitative estimate of drug-likeness (QED) is 0.882. The van der Waals surface area contributed by atoms with Crippen LogP contribution in [0.2, 0.25) is 0 Å². The maximum absolute atomic E-state index is 12.5. The van der Waals surface area contributed by atoms with E-state index in [9.17, 15) is 8.42 Å². The molecule has 2 aromatic rings. The van der Waals surface area contributed by atoms with E-state index in [-0.39, 0.29) is 6.54 Å². The lowest BCUT2D eigenvalue weighted by Crippen LogP contribution is -2.24. The third-order valence-corrected chi connectivity index (χ3v) is 5.05. The highest BCUT2D eigenvalue weighted by Gasteiger charge is 2.17. The minimum Gasteiger partial charge on any atom is -0.497 e. The number of methoxy groups -OCH3 is 2. The van der Waals surface area contributed by atoms with Gasteiger partial charge in [0.25, 0.3) is 0 Å². The molecule has 2 aromatic carbocycles. The van der Waals surface area contributed by atoms with Crippen LogP contribution in [-0.2, 0) is 16.6 Å². The molecule has 0 bridgehead atoms. The molecule has 0 saturated carbocycles. The number of aryl methyl sites for hydroxylation is 2. The van der Waals surface area contributed by atoms with Crippen LogP contribution in [0, 0.1) is 13.8 Å². The summed E-state index contributed by atoms with van der Waals surface area (Å²) in [6, 6.07) is 10.6. The molecule has 23 heavy (non-hydrogen) atoms. The van der Waals surface area contributed by atoms with Crippen molar-refractivity contribution < 1.29 is 17.9 Å². The van der Waals surface area contributed by atoms with Gasteiger partial charge in [-0.3, -0.25) is 0 Å². The van der Waals surface area contributed by atoms with Gasteiger partial charge in [0.15, 0.2) is 0 Å². The van der Waals surface area contributed by atoms with Gasteiger partial charge in [-0.25, -0.2) is 13.1 Å². The van der Waals surface area contributed by atoms with E-state index in [0.717, 1.165) is 11.1 Å². The van der Waals surface area contributed by atoms with Crippen LogP contribution in [0.5, 0.6) is 11.5 Å². The first-order chi connectivity index (χ1) is 10.9. The van der Waals surface area contributed by atoms with Crippen molar-refractivity contribution in [2.75, 3.05) is 14.2 Å². The molecule has 0 aliphatic rings. The lowest BCUT2D eigenvalue weighted by molar-refractivity contribution is 0.393. The molecule has 0 atom stereocenters. The largest absolute Gasteiger partial charge is 0.497 e. The summed E-state index contributed by atoms with van der Waals surface area (Å²) in [4.78, 5) is 0.298. The Morgan fingerprint density at radius 1 is 0.957 bits per heavy atom. The predicted molar refractivity (Wildman–Crippen MR) is 89.5 cm³/mol. The van der Waals surface area contributed by atoms with E-state index in [1.807, 2.05) is 13.0 Å². The standard InChI is InChI=1S/C17H21NO4S/c1-12-5-6-13(2)17(7-12)23(19,20)18-11-14-8-15(21-3)10-16(9-14)22-4/h5-10,18H,11H2,1-4H3. The Morgan fingerprint density at radius 2 is 1.57 bits per heavy atom. The Kier molecular flexibility index (Phi) is 5.28. The molecule has 2 rings (SSSR count). The summed E-state index contributed by atoms with van der Waals surface area (Å²) in [5, 5.41) is 0. The lowest BCUT2D eigenvalue weighted by Gasteiger charge is -2.12. The molecule has 0 unspecified atom stereocenters. The van der Waals surface area contributed by atoms with Crippen LogP contribution in [0.1, 0.15) is 16.7 Å². The SMILES string of the molecule is COc1cc(CNS(=O)(=O)c2cc(C)ccc2C)cc(OC)c1. The van der Waals surface area contributed by atoms with Crippen LogP contribution >= 0.6 is 0 Å². The Bertz CT molecular complexity index is 778. The van der Waals surface area contributed by atoms with Crippen molar-refractivity contribution in [1.82, 2.24) is 4.72 Å². The average Bonchev–Trinajstić information content (AvgIpc) is 2.54. The highest BCUT2D eigenvalue weighted by molar-refractivity contribution is 7.89. The molecule has 124 valence electrons. The van der Waals surface area contributed by atoms with Crippen LogP contribution in [0.15, 0.2) is 41.3 Å². The van der Waals surface area contributed by atoms with E-state index < -0.39 is 10.0 Å². The summed E-state index contributed by atoms with van der Waals surface area (Å²) in [6.45, 7) is 3.80. The van der Waals surface area contributed by atoms with E-state index >= 15 is 0 Å². The molecule has 0 fully saturated rings. The molecule has 1 N–H and O–H groups in total. The summed E-state index contributed by atoms with van der Waals surface area (Å²) in [5.74, 6) is 1.23. The molecule has 0 amide bonds. The second-order valence-electron chi connectivity index (χ2n) is 5.31. The Labute approximate surface area is 137 Å². The van der Waals surface area contributed by atoms with E-state index in [4.69, 9.17) is 9.47 Å². The molecule has 0 radical (unpaired) electrons. The third kappa shape index (κ3) is 4.24. The molecule has 0 aliphatic heterocycles. The summed E-state index contributed by atoms with van der Waals surface area (Å²) >= 11 is 0. The van der Waals surface area contributed by atoms with Crippen molar-refractivity contribution >= 4 is 10.0 Å². The van der Waals surface area contributed by atoms with E-state index in [1.54, 1.807) is 51.5 Å². The van der Waals surface area contributed by atoms with Gasteiger partial charge in [-0.2, -0.15) is 0 Å². The molecule has 0 spiro atoms. The topological polar surface area (TPSA) is 64.6 Å². The van der Waals surface area contributed by atoms with E-state index in [1.165, 1.54) is 0 Å². The summed E-state index contributed by atoms with van der Waals surface area (Å²) in [7, 11) is -0.474. The van der Waals surface area contributed by atoms with Gasteiger partial charge in [0.05, 0.1) is 19.1 Å². The second kappa shape index (κ2) is 7.02. The van der Waals surface area contributed by atoms with E-state index in [0.29, 0.717) is 22.0 Å². The third-order valence-electron chi connectivity index (χ3n) is 3.51. The number of sulfonamides is 1. The highest BCUT2D eigenvalue weighted by Crippen LogP contribution is 2.23. The first kappa shape index (κ1) is 17.3. The van der Waals surface area contributed by atoms with Crippen molar-refractivity contribution in [2.24, 2.45) is 0 Å². The van der Waals surface area contributed by atoms with Gasteiger partial charge < -0.3 is 9.47 Å². The van der Waals surface area contributed by atoms with Crippen LogP contribution < -0.4 is 14.2 Å². The zero-order valence-corrected chi connectivity index (χ0v) is 14.5.